The third-order valence-electron chi connectivity index (χ3n) is 2.05. The molecule has 0 aromatic heterocycles. The molecule has 0 radical (unpaired) electrons. The summed E-state index contributed by atoms with van der Waals surface area (Å²) in [4.78, 5) is 6.39. The van der Waals surface area contributed by atoms with Gasteiger partial charge in [0.2, 0.25) is 0 Å². The SMILES string of the molecule is CC[C@H](C)NC(N)=NCCCN(C)C. The van der Waals surface area contributed by atoms with E-state index in [2.05, 4.69) is 43.2 Å². The van der Waals surface area contributed by atoms with E-state index in [9.17, 15) is 0 Å². The molecule has 0 aliphatic heterocycles. The Morgan fingerprint density at radius 1 is 1.50 bits per heavy atom. The van der Waals surface area contributed by atoms with Crippen LogP contribution < -0.4 is 11.1 Å². The van der Waals surface area contributed by atoms with E-state index in [1.165, 1.54) is 0 Å². The van der Waals surface area contributed by atoms with E-state index in [1.807, 2.05) is 0 Å². The van der Waals surface area contributed by atoms with E-state index in [1.54, 1.807) is 0 Å². The molecule has 0 aromatic carbocycles. The summed E-state index contributed by atoms with van der Waals surface area (Å²) in [6.07, 6.45) is 2.11. The maximum Gasteiger partial charge on any atom is 0.188 e. The lowest BCUT2D eigenvalue weighted by Gasteiger charge is -2.12. The Labute approximate surface area is 87.6 Å². The van der Waals surface area contributed by atoms with Gasteiger partial charge >= 0.3 is 0 Å². The highest BCUT2D eigenvalue weighted by Gasteiger charge is 1.98. The number of hydrogen-bond acceptors (Lipinski definition) is 2. The van der Waals surface area contributed by atoms with Gasteiger partial charge in [0.05, 0.1) is 0 Å². The molecular formula is C10H24N4. The van der Waals surface area contributed by atoms with Gasteiger partial charge in [-0.1, -0.05) is 6.92 Å². The Kier molecular flexibility index (Phi) is 7.20. The molecule has 3 N–H and O–H groups in total. The number of nitrogens with one attached hydrogen (secondary N) is 1. The molecule has 0 saturated carbocycles. The van der Waals surface area contributed by atoms with Crippen molar-refractivity contribution >= 4 is 5.96 Å². The predicted octanol–water partition coefficient (Wildman–Crippen LogP) is 0.641. The summed E-state index contributed by atoms with van der Waals surface area (Å²) in [5.74, 6) is 0.568. The smallest absolute Gasteiger partial charge is 0.188 e. The van der Waals surface area contributed by atoms with Crippen molar-refractivity contribution < 1.29 is 0 Å². The van der Waals surface area contributed by atoms with Crippen molar-refractivity contribution in [3.05, 3.63) is 0 Å². The molecule has 0 heterocycles. The van der Waals surface area contributed by atoms with Crippen LogP contribution in [0.3, 0.4) is 0 Å². The van der Waals surface area contributed by atoms with Crippen molar-refractivity contribution in [3.63, 3.8) is 0 Å². The maximum absolute atomic E-state index is 5.69. The van der Waals surface area contributed by atoms with Crippen LogP contribution in [0.5, 0.6) is 0 Å². The summed E-state index contributed by atoms with van der Waals surface area (Å²) in [5.41, 5.74) is 5.69. The molecule has 1 atom stereocenters. The molecule has 0 fully saturated rings. The second-order valence-corrected chi connectivity index (χ2v) is 3.88. The largest absolute Gasteiger partial charge is 0.370 e. The fourth-order valence-electron chi connectivity index (χ4n) is 0.987. The molecule has 0 aliphatic carbocycles. The van der Waals surface area contributed by atoms with Gasteiger partial charge in [0, 0.05) is 12.6 Å². The summed E-state index contributed by atoms with van der Waals surface area (Å²) in [7, 11) is 4.12. The van der Waals surface area contributed by atoms with E-state index in [4.69, 9.17) is 5.73 Å². The highest BCUT2D eigenvalue weighted by molar-refractivity contribution is 5.78. The van der Waals surface area contributed by atoms with Gasteiger partial charge in [-0.05, 0) is 40.4 Å². The van der Waals surface area contributed by atoms with E-state index in [0.717, 1.165) is 25.9 Å². The van der Waals surface area contributed by atoms with E-state index in [-0.39, 0.29) is 0 Å². The Balaban J connectivity index is 3.56. The molecule has 0 unspecified atom stereocenters. The van der Waals surface area contributed by atoms with Gasteiger partial charge in [0.15, 0.2) is 5.96 Å². The molecule has 0 bridgehead atoms. The lowest BCUT2D eigenvalue weighted by molar-refractivity contribution is 0.403. The van der Waals surface area contributed by atoms with E-state index < -0.39 is 0 Å². The number of hydrogen-bond donors (Lipinski definition) is 2. The average molecular weight is 200 g/mol. The van der Waals surface area contributed by atoms with Gasteiger partial charge in [-0.3, -0.25) is 4.99 Å². The number of nitrogens with two attached hydrogens (primary N) is 1. The first kappa shape index (κ1) is 13.2. The van der Waals surface area contributed by atoms with Crippen LogP contribution in [0.1, 0.15) is 26.7 Å². The second kappa shape index (κ2) is 7.62. The van der Waals surface area contributed by atoms with Crippen LogP contribution in [0, 0.1) is 0 Å². The minimum Gasteiger partial charge on any atom is -0.370 e. The monoisotopic (exact) mass is 200 g/mol. The average Bonchev–Trinajstić information content (AvgIpc) is 2.12. The maximum atomic E-state index is 5.69. The van der Waals surface area contributed by atoms with Gasteiger partial charge in [-0.2, -0.15) is 0 Å². The zero-order valence-electron chi connectivity index (χ0n) is 9.88. The third-order valence-corrected chi connectivity index (χ3v) is 2.05. The predicted molar refractivity (Wildman–Crippen MR) is 62.5 cm³/mol. The molecule has 0 spiro atoms. The van der Waals surface area contributed by atoms with Crippen molar-refractivity contribution in [2.24, 2.45) is 10.7 Å². The quantitative estimate of drug-likeness (QED) is 0.376. The topological polar surface area (TPSA) is 53.6 Å². The van der Waals surface area contributed by atoms with Crippen molar-refractivity contribution in [1.29, 1.82) is 0 Å². The van der Waals surface area contributed by atoms with Gasteiger partial charge in [-0.15, -0.1) is 0 Å². The van der Waals surface area contributed by atoms with Crippen molar-refractivity contribution in [1.82, 2.24) is 10.2 Å². The lowest BCUT2D eigenvalue weighted by atomic mass is 10.3. The summed E-state index contributed by atoms with van der Waals surface area (Å²) >= 11 is 0. The van der Waals surface area contributed by atoms with Crippen LogP contribution in [-0.4, -0.2) is 44.1 Å². The Hall–Kier alpha value is -0.770. The summed E-state index contributed by atoms with van der Waals surface area (Å²) < 4.78 is 0. The van der Waals surface area contributed by atoms with Crippen LogP contribution in [0.4, 0.5) is 0 Å². The second-order valence-electron chi connectivity index (χ2n) is 3.88. The highest BCUT2D eigenvalue weighted by Crippen LogP contribution is 1.88. The standard InChI is InChI=1S/C10H24N4/c1-5-9(2)13-10(11)12-7-6-8-14(3)4/h9H,5-8H2,1-4H3,(H3,11,12,13)/t9-/m0/s1. The highest BCUT2D eigenvalue weighted by atomic mass is 15.1. The molecular weight excluding hydrogens is 176 g/mol. The zero-order valence-corrected chi connectivity index (χ0v) is 9.88. The van der Waals surface area contributed by atoms with Gasteiger partial charge in [-0.25, -0.2) is 0 Å². The first-order chi connectivity index (χ1) is 6.56. The number of aliphatic imine (C=N–C) groups is 1. The first-order valence-corrected chi connectivity index (χ1v) is 5.27. The number of guanidine groups is 1. The van der Waals surface area contributed by atoms with Gasteiger partial charge in [0.1, 0.15) is 0 Å². The molecule has 4 heteroatoms. The Morgan fingerprint density at radius 2 is 2.14 bits per heavy atom. The number of rotatable bonds is 6. The molecule has 0 saturated heterocycles. The Bertz CT molecular complexity index is 166. The molecule has 0 rings (SSSR count). The fourth-order valence-corrected chi connectivity index (χ4v) is 0.987. The van der Waals surface area contributed by atoms with Crippen LogP contribution >= 0.6 is 0 Å². The van der Waals surface area contributed by atoms with Crippen molar-refractivity contribution in [3.8, 4) is 0 Å². The van der Waals surface area contributed by atoms with Crippen LogP contribution in [0.2, 0.25) is 0 Å². The zero-order chi connectivity index (χ0) is 11.0. The minimum absolute atomic E-state index is 0.410. The van der Waals surface area contributed by atoms with Crippen LogP contribution in [0.25, 0.3) is 0 Å². The summed E-state index contributed by atoms with van der Waals surface area (Å²) in [6, 6.07) is 0.410. The van der Waals surface area contributed by atoms with Crippen LogP contribution in [-0.2, 0) is 0 Å². The molecule has 0 amide bonds. The molecule has 84 valence electrons. The molecule has 14 heavy (non-hydrogen) atoms. The molecule has 0 aromatic rings. The lowest BCUT2D eigenvalue weighted by Crippen LogP contribution is -2.38. The Morgan fingerprint density at radius 3 is 2.64 bits per heavy atom. The number of nitrogens with zero attached hydrogens (tertiary/aromatic N) is 2. The fraction of sp³-hybridized carbons (Fsp3) is 0.900. The van der Waals surface area contributed by atoms with Crippen molar-refractivity contribution in [2.45, 2.75) is 32.7 Å². The first-order valence-electron chi connectivity index (χ1n) is 5.27. The van der Waals surface area contributed by atoms with Gasteiger partial charge < -0.3 is 16.0 Å². The van der Waals surface area contributed by atoms with E-state index >= 15 is 0 Å². The van der Waals surface area contributed by atoms with E-state index in [0.29, 0.717) is 12.0 Å². The van der Waals surface area contributed by atoms with Gasteiger partial charge in [0.25, 0.3) is 0 Å². The molecule has 0 aliphatic rings. The summed E-state index contributed by atoms with van der Waals surface area (Å²) in [6.45, 7) is 6.08. The normalized spacial score (nSPS) is 14.5. The van der Waals surface area contributed by atoms with Crippen LogP contribution in [0.15, 0.2) is 4.99 Å². The molecule has 4 nitrogen and oxygen atoms in total. The third kappa shape index (κ3) is 7.86. The minimum atomic E-state index is 0.410. The summed E-state index contributed by atoms with van der Waals surface area (Å²) in [5, 5.41) is 3.13. The van der Waals surface area contributed by atoms with Crippen molar-refractivity contribution in [2.75, 3.05) is 27.2 Å².